The summed E-state index contributed by atoms with van der Waals surface area (Å²) in [5, 5.41) is 6.36. The Kier molecular flexibility index (Phi) is 35.3. The van der Waals surface area contributed by atoms with Crippen LogP contribution in [0.2, 0.25) is 0 Å². The van der Waals surface area contributed by atoms with E-state index in [4.69, 9.17) is 29.0 Å². The fraction of sp³-hybridized carbons (Fsp3) is 0.852. The van der Waals surface area contributed by atoms with Gasteiger partial charge in [0.2, 0.25) is 0 Å². The number of nitrogens with one attached hydrogen (secondary N) is 8. The van der Waals surface area contributed by atoms with Crippen molar-refractivity contribution in [2.45, 2.75) is 247 Å². The molecule has 0 spiro atoms. The number of hydroxylamine groups is 6. The SMILES string of the molecule is C.C.CCCCCONC(=O)[C@@H]1CC[C@@H]2CN1C(=O)N2C.CN1C(=O)N2C[C@H]1CC[C@H]2C(=O)NOC[C@@H]1CCN1.CN1C(=O)N2C[C@H]1CC[C@H]2C(=O)NO[C@H]1CCNC1.CN1CC(CONC(=O)[C@@H]2CC[C@@H]3CN2C(=O)N3C)C1.CN1CCC[C@@H](CONC(=O)[C@@H]2CC[C@@H]3CN2C(=O)N3C)C1.CN1CCC[C@@H]1CONC(=O)[C@@H]1CC[C@@H]2CN1C(=O)N2C. The van der Waals surface area contributed by atoms with Crippen LogP contribution in [0.15, 0.2) is 0 Å². The number of rotatable bonds is 25. The standard InChI is InChI=1S/C15H26N4O3.C14H24N4O3.C13H22N4O3.C13H23N3O3.2C12H20N4O3.2CH4/c1-17-7-3-4-11(8-17)10-22-16-14(20)13-6-5-12-9-19(13)15(21)18(12)2;1-16-7-3-4-11(16)9-21-15-13(19)12-6-5-10-8-18(12)14(20)17(10)2;1-15-5-9(6-15)8-20-14-12(18)11-4-3-10-7-17(11)13(19)16(10)2;1-3-4-5-8-19-14-12(17)11-7-6-10-9-16(11)13(18)15(10)2;1-15-9-2-3-10(16(6-9)12(15)18)11(17)14-19-7-8-4-5-13-8;1-15-8-2-3-10(16(7-8)12(15)18)11(17)14-19-9-4-5-13-6-9;;/h11-13H,3-10H2,1-2H3,(H,16,20);10-12H,3-9H2,1-2H3,(H,15,19);9-11H,3-8H2,1-2H3,(H,14,18);10-11H,3-9H2,1-2H3,(H,14,17);2*8-10,13H,2-7H2,1H3,(H,14,17);2*1H4/t11-,12-,13+;10-,11-,12+;2*10-,11+;8-,9+,10-;8-,9+,10+;;/m111101../s1. The van der Waals surface area contributed by atoms with E-state index < -0.39 is 0 Å². The number of amides is 18. The van der Waals surface area contributed by atoms with Crippen LogP contribution in [-0.2, 0) is 57.8 Å². The first-order valence-corrected chi connectivity index (χ1v) is 43.9. The van der Waals surface area contributed by atoms with Crippen molar-refractivity contribution in [3.05, 3.63) is 0 Å². The van der Waals surface area contributed by atoms with Crippen LogP contribution in [-0.4, -0.2) is 424 Å². The van der Waals surface area contributed by atoms with Gasteiger partial charge in [0.15, 0.2) is 0 Å². The van der Waals surface area contributed by atoms with E-state index in [-0.39, 0.29) is 165 Å². The minimum Gasteiger partial charge on any atom is -0.323 e. The van der Waals surface area contributed by atoms with E-state index in [0.29, 0.717) is 135 Å². The van der Waals surface area contributed by atoms with E-state index in [0.717, 1.165) is 136 Å². The maximum Gasteiger partial charge on any atom is 0.320 e. The predicted octanol–water partition coefficient (Wildman–Crippen LogP) is 0.779. The third-order valence-corrected chi connectivity index (χ3v) is 27.4. The zero-order valence-electron chi connectivity index (χ0n) is 72.2. The quantitative estimate of drug-likeness (QED) is 0.0462. The second kappa shape index (κ2) is 44.7. The molecule has 18 amide bonds. The maximum absolute atomic E-state index is 12.3. The van der Waals surface area contributed by atoms with E-state index in [1.54, 1.807) is 94.0 Å². The topological polar surface area (TPSA) is 405 Å². The smallest absolute Gasteiger partial charge is 0.320 e. The maximum atomic E-state index is 12.3. The number of hydrogen-bond donors (Lipinski definition) is 8. The highest BCUT2D eigenvalue weighted by molar-refractivity contribution is 5.92. The van der Waals surface area contributed by atoms with Gasteiger partial charge < -0.3 is 84.1 Å². The van der Waals surface area contributed by atoms with Crippen LogP contribution in [0, 0.1) is 11.8 Å². The molecule has 41 nitrogen and oxygen atoms in total. The molecule has 12 bridgehead atoms. The highest BCUT2D eigenvalue weighted by Gasteiger charge is 2.52. The van der Waals surface area contributed by atoms with Crippen LogP contribution in [0.25, 0.3) is 0 Å². The van der Waals surface area contributed by atoms with Crippen molar-refractivity contribution in [1.82, 2.24) is 117 Å². The molecule has 0 saturated carbocycles. The van der Waals surface area contributed by atoms with E-state index in [1.807, 2.05) is 7.05 Å². The van der Waals surface area contributed by atoms with Crippen LogP contribution in [0.4, 0.5) is 28.8 Å². The van der Waals surface area contributed by atoms with Crippen LogP contribution < -0.4 is 43.5 Å². The number of urea groups is 6. The largest absolute Gasteiger partial charge is 0.323 e. The second-order valence-corrected chi connectivity index (χ2v) is 35.7. The number of likely N-dealkylation sites (N-methyl/N-ethyl adjacent to an activating group) is 7. The number of hydrogen-bond acceptors (Lipinski definition) is 23. The van der Waals surface area contributed by atoms with Crippen LogP contribution in [0.5, 0.6) is 0 Å². The molecule has 0 aromatic carbocycles. The summed E-state index contributed by atoms with van der Waals surface area (Å²) >= 11 is 0. The first kappa shape index (κ1) is 96.2. The summed E-state index contributed by atoms with van der Waals surface area (Å²) in [6.45, 7) is 16.6. The molecular weight excluding hydrogens is 1580 g/mol. The van der Waals surface area contributed by atoms with Crippen molar-refractivity contribution < 1.29 is 86.6 Å². The summed E-state index contributed by atoms with van der Waals surface area (Å²) in [7, 11) is 17.1. The summed E-state index contributed by atoms with van der Waals surface area (Å²) in [5.41, 5.74) is 15.1. The van der Waals surface area contributed by atoms with Crippen LogP contribution >= 0.6 is 0 Å². The number of carbonyl (C=O) groups excluding carboxylic acids is 12. The Balaban J connectivity index is 0.000000153. The predicted molar refractivity (Wildman–Crippen MR) is 447 cm³/mol. The number of carbonyl (C=O) groups is 12. The molecule has 17 heterocycles. The van der Waals surface area contributed by atoms with Gasteiger partial charge in [0, 0.05) is 126 Å². The fourth-order valence-electron chi connectivity index (χ4n) is 19.4. The zero-order valence-corrected chi connectivity index (χ0v) is 72.2. The van der Waals surface area contributed by atoms with Gasteiger partial charge in [0.1, 0.15) is 36.3 Å². The molecule has 122 heavy (non-hydrogen) atoms. The second-order valence-electron chi connectivity index (χ2n) is 35.7. The van der Waals surface area contributed by atoms with Gasteiger partial charge in [-0.25, -0.2) is 61.6 Å². The number of likely N-dealkylation sites (tertiary alicyclic amines) is 3. The lowest BCUT2D eigenvalue weighted by Crippen LogP contribution is -2.51. The molecule has 0 unspecified atom stereocenters. The summed E-state index contributed by atoms with van der Waals surface area (Å²) in [5.74, 6) is -0.220. The van der Waals surface area contributed by atoms with E-state index >= 15 is 0 Å². The molecule has 17 saturated heterocycles. The first-order valence-electron chi connectivity index (χ1n) is 43.9. The summed E-state index contributed by atoms with van der Waals surface area (Å²) < 4.78 is 0. The number of unbranched alkanes of at least 4 members (excludes halogenated alkanes) is 2. The Morgan fingerprint density at radius 1 is 0.352 bits per heavy atom. The van der Waals surface area contributed by atoms with Gasteiger partial charge in [-0.15, -0.1) is 0 Å². The number of piperidine rings is 7. The molecule has 8 N–H and O–H groups in total. The van der Waals surface area contributed by atoms with Crippen molar-refractivity contribution >= 4 is 71.6 Å². The minimum absolute atomic E-state index is 0. The van der Waals surface area contributed by atoms with Crippen molar-refractivity contribution in [1.29, 1.82) is 0 Å². The van der Waals surface area contributed by atoms with Crippen LogP contribution in [0.1, 0.15) is 157 Å². The summed E-state index contributed by atoms with van der Waals surface area (Å²) in [6.07, 6.45) is 19.3. The fourth-order valence-corrected chi connectivity index (χ4v) is 19.4. The molecule has 0 radical (unpaired) electrons. The highest BCUT2D eigenvalue weighted by atomic mass is 16.7. The average Bonchev–Trinajstić information content (AvgIpc) is 1.67. The molecular formula is C81H143N23O18. The van der Waals surface area contributed by atoms with Gasteiger partial charge in [0.25, 0.3) is 35.4 Å². The van der Waals surface area contributed by atoms with Gasteiger partial charge in [-0.2, -0.15) is 0 Å². The molecule has 17 aliphatic heterocycles. The zero-order chi connectivity index (χ0) is 85.6. The number of fused-ring (bicyclic) bond motifs is 12. The molecule has 16 atom stereocenters. The third kappa shape index (κ3) is 23.4. The van der Waals surface area contributed by atoms with Crippen molar-refractivity contribution in [2.24, 2.45) is 11.8 Å². The van der Waals surface area contributed by atoms with Gasteiger partial charge in [-0.3, -0.25) is 57.8 Å². The molecule has 17 rings (SSSR count). The van der Waals surface area contributed by atoms with Crippen LogP contribution in [0.3, 0.4) is 0 Å². The lowest BCUT2D eigenvalue weighted by molar-refractivity contribution is -0.143. The van der Waals surface area contributed by atoms with Gasteiger partial charge in [-0.05, 0) is 175 Å². The lowest BCUT2D eigenvalue weighted by Gasteiger charge is -2.35. The van der Waals surface area contributed by atoms with E-state index in [9.17, 15) is 57.5 Å². The molecule has 0 aromatic heterocycles. The van der Waals surface area contributed by atoms with Gasteiger partial charge >= 0.3 is 36.2 Å². The molecule has 17 fully saturated rings. The average molecular weight is 1730 g/mol. The van der Waals surface area contributed by atoms with Crippen molar-refractivity contribution in [3.8, 4) is 0 Å². The number of nitrogens with zero attached hydrogens (tertiary/aromatic N) is 15. The Labute approximate surface area is 719 Å². The van der Waals surface area contributed by atoms with E-state index in [1.165, 1.54) is 12.8 Å². The molecule has 41 heteroatoms. The summed E-state index contributed by atoms with van der Waals surface area (Å²) in [4.78, 5) is 204. The summed E-state index contributed by atoms with van der Waals surface area (Å²) in [6, 6.07) is -0.309. The Hall–Kier alpha value is -8.00. The van der Waals surface area contributed by atoms with Gasteiger partial charge in [-0.1, -0.05) is 34.6 Å². The minimum atomic E-state index is -0.389. The Morgan fingerprint density at radius 2 is 0.689 bits per heavy atom. The van der Waals surface area contributed by atoms with E-state index in [2.05, 4.69) is 86.3 Å². The lowest BCUT2D eigenvalue weighted by atomic mass is 10.00. The molecule has 17 aliphatic rings. The Morgan fingerprint density at radius 3 is 1.01 bits per heavy atom. The monoisotopic (exact) mass is 1730 g/mol. The van der Waals surface area contributed by atoms with Gasteiger partial charge in [0.05, 0.1) is 75.4 Å². The van der Waals surface area contributed by atoms with Crippen molar-refractivity contribution in [3.63, 3.8) is 0 Å². The highest BCUT2D eigenvalue weighted by Crippen LogP contribution is 2.35. The first-order chi connectivity index (χ1) is 57.7. The Bertz CT molecular complexity index is 3550. The molecule has 690 valence electrons. The molecule has 0 aliphatic carbocycles. The van der Waals surface area contributed by atoms with Crippen molar-refractivity contribution in [2.75, 3.05) is 188 Å². The normalized spacial score (nSPS) is 31.0. The molecule has 0 aromatic rings. The third-order valence-electron chi connectivity index (χ3n) is 27.4.